The number of benzene rings is 2. The molecule has 0 atom stereocenters. The van der Waals surface area contributed by atoms with Crippen molar-refractivity contribution in [2.45, 2.75) is 18.5 Å². The summed E-state index contributed by atoms with van der Waals surface area (Å²) >= 11 is 7.59. The summed E-state index contributed by atoms with van der Waals surface area (Å²) in [6.45, 7) is 2.51. The van der Waals surface area contributed by atoms with Crippen molar-refractivity contribution in [3.8, 4) is 22.9 Å². The molecule has 0 saturated carbocycles. The van der Waals surface area contributed by atoms with Gasteiger partial charge >= 0.3 is 0 Å². The molecule has 0 unspecified atom stereocenters. The normalized spacial score (nSPS) is 11.1. The molecule has 9 heteroatoms. The van der Waals surface area contributed by atoms with E-state index in [1.165, 1.54) is 17.8 Å². The van der Waals surface area contributed by atoms with Crippen molar-refractivity contribution in [2.75, 3.05) is 19.5 Å². The molecule has 2 aromatic heterocycles. The SMILES string of the molecule is COc1ccc(-c2nc(SCCCOc3ccc(Cl)c(C)c3)n3[nH]c(=O)cc3n2)cc1. The Labute approximate surface area is 188 Å². The first-order valence-electron chi connectivity index (χ1n) is 9.69. The van der Waals surface area contributed by atoms with E-state index >= 15 is 0 Å². The average Bonchev–Trinajstić information content (AvgIpc) is 3.16. The van der Waals surface area contributed by atoms with Crippen molar-refractivity contribution in [3.05, 3.63) is 69.5 Å². The minimum absolute atomic E-state index is 0.218. The van der Waals surface area contributed by atoms with E-state index in [9.17, 15) is 4.79 Å². The number of aromatic nitrogens is 4. The highest BCUT2D eigenvalue weighted by atomic mass is 35.5. The number of H-pyrrole nitrogens is 1. The Morgan fingerprint density at radius 3 is 2.61 bits per heavy atom. The summed E-state index contributed by atoms with van der Waals surface area (Å²) in [6, 6.07) is 14.6. The Morgan fingerprint density at radius 1 is 1.10 bits per heavy atom. The largest absolute Gasteiger partial charge is 0.497 e. The number of rotatable bonds is 8. The van der Waals surface area contributed by atoms with Crippen molar-refractivity contribution in [1.82, 2.24) is 19.6 Å². The van der Waals surface area contributed by atoms with E-state index in [-0.39, 0.29) is 5.56 Å². The maximum absolute atomic E-state index is 11.9. The van der Waals surface area contributed by atoms with Crippen molar-refractivity contribution >= 4 is 29.0 Å². The first kappa shape index (κ1) is 21.3. The van der Waals surface area contributed by atoms with Gasteiger partial charge in [-0.3, -0.25) is 9.89 Å². The molecule has 31 heavy (non-hydrogen) atoms. The molecule has 0 amide bonds. The molecule has 0 aliphatic rings. The molecule has 0 fully saturated rings. The maximum Gasteiger partial charge on any atom is 0.266 e. The Hall–Kier alpha value is -2.97. The second kappa shape index (κ2) is 9.45. The lowest BCUT2D eigenvalue weighted by atomic mass is 10.2. The quantitative estimate of drug-likeness (QED) is 0.308. The van der Waals surface area contributed by atoms with E-state index in [4.69, 9.17) is 21.1 Å². The van der Waals surface area contributed by atoms with Crippen LogP contribution >= 0.6 is 23.4 Å². The molecular weight excluding hydrogens is 436 g/mol. The van der Waals surface area contributed by atoms with Crippen LogP contribution in [0.2, 0.25) is 5.02 Å². The van der Waals surface area contributed by atoms with Crippen molar-refractivity contribution in [1.29, 1.82) is 0 Å². The van der Waals surface area contributed by atoms with Crippen LogP contribution in [0.15, 0.2) is 58.5 Å². The minimum Gasteiger partial charge on any atom is -0.497 e. The molecular formula is C22H21ClN4O3S. The fourth-order valence-corrected chi connectivity index (χ4v) is 3.95. The molecule has 0 saturated heterocycles. The third kappa shape index (κ3) is 5.03. The Kier molecular flexibility index (Phi) is 6.48. The zero-order chi connectivity index (χ0) is 21.8. The van der Waals surface area contributed by atoms with Gasteiger partial charge in [-0.05, 0) is 61.4 Å². The van der Waals surface area contributed by atoms with E-state index in [1.807, 2.05) is 49.4 Å². The van der Waals surface area contributed by atoms with Gasteiger partial charge in [0.25, 0.3) is 5.56 Å². The third-order valence-electron chi connectivity index (χ3n) is 4.59. The van der Waals surface area contributed by atoms with Crippen LogP contribution in [-0.2, 0) is 0 Å². The third-order valence-corrected chi connectivity index (χ3v) is 6.04. The Bertz CT molecular complexity index is 1250. The lowest BCUT2D eigenvalue weighted by Crippen LogP contribution is -2.05. The fraction of sp³-hybridized carbons (Fsp3) is 0.227. The molecule has 160 valence electrons. The maximum atomic E-state index is 11.9. The second-order valence-corrected chi connectivity index (χ2v) is 8.30. The molecule has 0 bridgehead atoms. The number of halogens is 1. The van der Waals surface area contributed by atoms with Crippen LogP contribution in [0.3, 0.4) is 0 Å². The first-order chi connectivity index (χ1) is 15.0. The number of thioether (sulfide) groups is 1. The molecule has 0 radical (unpaired) electrons. The molecule has 4 aromatic rings. The van der Waals surface area contributed by atoms with E-state index in [1.54, 1.807) is 11.6 Å². The smallest absolute Gasteiger partial charge is 0.266 e. The molecule has 0 aliphatic heterocycles. The van der Waals surface area contributed by atoms with Crippen molar-refractivity contribution < 1.29 is 9.47 Å². The van der Waals surface area contributed by atoms with Crippen LogP contribution in [0.1, 0.15) is 12.0 Å². The summed E-state index contributed by atoms with van der Waals surface area (Å²) in [5.74, 6) is 2.87. The van der Waals surface area contributed by atoms with Crippen LogP contribution in [-0.4, -0.2) is 39.1 Å². The van der Waals surface area contributed by atoms with Gasteiger partial charge in [0, 0.05) is 22.4 Å². The summed E-state index contributed by atoms with van der Waals surface area (Å²) in [4.78, 5) is 21.0. The highest BCUT2D eigenvalue weighted by Crippen LogP contribution is 2.24. The molecule has 7 nitrogen and oxygen atoms in total. The highest BCUT2D eigenvalue weighted by molar-refractivity contribution is 7.99. The van der Waals surface area contributed by atoms with Gasteiger partial charge < -0.3 is 9.47 Å². The number of nitrogens with zero attached hydrogens (tertiary/aromatic N) is 3. The average molecular weight is 457 g/mol. The van der Waals surface area contributed by atoms with Crippen LogP contribution in [0.25, 0.3) is 17.0 Å². The fourth-order valence-electron chi connectivity index (χ4n) is 2.97. The first-order valence-corrected chi connectivity index (χ1v) is 11.1. The van der Waals surface area contributed by atoms with Gasteiger partial charge in [-0.25, -0.2) is 14.5 Å². The zero-order valence-corrected chi connectivity index (χ0v) is 18.7. The summed E-state index contributed by atoms with van der Waals surface area (Å²) in [6.07, 6.45) is 0.807. The molecule has 2 heterocycles. The number of nitrogens with one attached hydrogen (secondary N) is 1. The number of aromatic amines is 1. The molecule has 1 N–H and O–H groups in total. The van der Waals surface area contributed by atoms with Crippen molar-refractivity contribution in [3.63, 3.8) is 0 Å². The number of hydrogen-bond donors (Lipinski definition) is 1. The van der Waals surface area contributed by atoms with Gasteiger partial charge in [0.2, 0.25) is 0 Å². The topological polar surface area (TPSA) is 81.5 Å². The van der Waals surface area contributed by atoms with E-state index < -0.39 is 0 Å². The van der Waals surface area contributed by atoms with Gasteiger partial charge in [0.05, 0.1) is 13.7 Å². The predicted molar refractivity (Wildman–Crippen MR) is 123 cm³/mol. The summed E-state index contributed by atoms with van der Waals surface area (Å²) < 4.78 is 12.6. The van der Waals surface area contributed by atoms with E-state index in [2.05, 4.69) is 15.1 Å². The molecule has 0 spiro atoms. The zero-order valence-electron chi connectivity index (χ0n) is 17.1. The second-order valence-electron chi connectivity index (χ2n) is 6.83. The minimum atomic E-state index is -0.218. The van der Waals surface area contributed by atoms with Gasteiger partial charge in [-0.15, -0.1) is 0 Å². The Balaban J connectivity index is 1.45. The van der Waals surface area contributed by atoms with Crippen molar-refractivity contribution in [2.24, 2.45) is 0 Å². The standard InChI is InChI=1S/C22H21ClN4O3S/c1-14-12-17(8-9-18(14)23)30-10-3-11-31-22-25-21(15-4-6-16(29-2)7-5-15)24-19-13-20(28)26-27(19)22/h4-9,12-13H,3,10-11H2,1-2H3,(H,26,28). The molecule has 4 rings (SSSR count). The van der Waals surface area contributed by atoms with Gasteiger partial charge in [0.1, 0.15) is 11.5 Å². The number of ether oxygens (including phenoxy) is 2. The van der Waals surface area contributed by atoms with E-state index in [0.29, 0.717) is 23.2 Å². The highest BCUT2D eigenvalue weighted by Gasteiger charge is 2.12. The predicted octanol–water partition coefficient (Wildman–Crippen LogP) is 4.62. The number of fused-ring (bicyclic) bond motifs is 1. The number of aryl methyl sites for hydroxylation is 1. The number of methoxy groups -OCH3 is 1. The van der Waals surface area contributed by atoms with Gasteiger partial charge in [0.15, 0.2) is 16.6 Å². The van der Waals surface area contributed by atoms with Crippen LogP contribution in [0, 0.1) is 6.92 Å². The summed E-state index contributed by atoms with van der Waals surface area (Å²) in [5, 5.41) is 4.15. The Morgan fingerprint density at radius 2 is 1.87 bits per heavy atom. The number of hydrogen-bond acceptors (Lipinski definition) is 6. The summed E-state index contributed by atoms with van der Waals surface area (Å²) in [7, 11) is 1.62. The summed E-state index contributed by atoms with van der Waals surface area (Å²) in [5.41, 5.74) is 2.14. The van der Waals surface area contributed by atoms with Crippen LogP contribution < -0.4 is 15.0 Å². The van der Waals surface area contributed by atoms with Crippen LogP contribution in [0.5, 0.6) is 11.5 Å². The van der Waals surface area contributed by atoms with Crippen LogP contribution in [0.4, 0.5) is 0 Å². The van der Waals surface area contributed by atoms with E-state index in [0.717, 1.165) is 39.8 Å². The van der Waals surface area contributed by atoms with Gasteiger partial charge in [-0.2, -0.15) is 0 Å². The monoisotopic (exact) mass is 456 g/mol. The molecule has 2 aromatic carbocycles. The lowest BCUT2D eigenvalue weighted by molar-refractivity contribution is 0.318. The molecule has 0 aliphatic carbocycles. The lowest BCUT2D eigenvalue weighted by Gasteiger charge is -2.09. The van der Waals surface area contributed by atoms with Gasteiger partial charge in [-0.1, -0.05) is 23.4 Å².